The molecular weight excluding hydrogens is 418 g/mol. The quantitative estimate of drug-likeness (QED) is 0.291. The maximum absolute atomic E-state index is 11.8. The van der Waals surface area contributed by atoms with Gasteiger partial charge in [0.05, 0.1) is 17.4 Å². The Kier molecular flexibility index (Phi) is 9.08. The standard InChI is InChI=1S/C17H15NO.C14H12O/c18-13-7-12-17(14-19,15-8-3-1-4-9-15)16-10-5-2-6-11-16;15-11-14(12-7-3-1-4-8-12)13-9-5-2-6-10-13/h1-6,8-11,14H,7,12H2;1-11,14H. The van der Waals surface area contributed by atoms with Crippen molar-refractivity contribution in [3.8, 4) is 6.07 Å². The van der Waals surface area contributed by atoms with Crippen molar-refractivity contribution in [1.29, 1.82) is 5.26 Å². The van der Waals surface area contributed by atoms with Gasteiger partial charge in [0.2, 0.25) is 0 Å². The van der Waals surface area contributed by atoms with Crippen LogP contribution in [-0.2, 0) is 15.0 Å². The van der Waals surface area contributed by atoms with Crippen molar-refractivity contribution in [3.05, 3.63) is 144 Å². The van der Waals surface area contributed by atoms with Crippen molar-refractivity contribution in [3.63, 3.8) is 0 Å². The third-order valence-electron chi connectivity index (χ3n) is 5.86. The fraction of sp³-hybridized carbons (Fsp3) is 0.129. The minimum atomic E-state index is -0.724. The van der Waals surface area contributed by atoms with Crippen LogP contribution in [0.2, 0.25) is 0 Å². The first kappa shape index (κ1) is 24.4. The SMILES string of the molecule is N#CCCC(C=O)(c1ccccc1)c1ccccc1.O=CC(c1ccccc1)c1ccccc1. The summed E-state index contributed by atoms with van der Waals surface area (Å²) in [7, 11) is 0. The van der Waals surface area contributed by atoms with Gasteiger partial charge in [-0.25, -0.2) is 0 Å². The van der Waals surface area contributed by atoms with Gasteiger partial charge in [0, 0.05) is 6.42 Å². The van der Waals surface area contributed by atoms with Crippen molar-refractivity contribution in [2.45, 2.75) is 24.2 Å². The summed E-state index contributed by atoms with van der Waals surface area (Å²) in [6.07, 6.45) is 2.81. The van der Waals surface area contributed by atoms with E-state index in [4.69, 9.17) is 5.26 Å². The fourth-order valence-corrected chi connectivity index (χ4v) is 4.04. The molecule has 168 valence electrons. The van der Waals surface area contributed by atoms with Crippen LogP contribution in [0.3, 0.4) is 0 Å². The highest BCUT2D eigenvalue weighted by atomic mass is 16.1. The lowest BCUT2D eigenvalue weighted by molar-refractivity contribution is -0.111. The Morgan fingerprint density at radius 2 is 1.03 bits per heavy atom. The van der Waals surface area contributed by atoms with Gasteiger partial charge in [0.25, 0.3) is 0 Å². The Morgan fingerprint density at radius 1 is 0.647 bits per heavy atom. The summed E-state index contributed by atoms with van der Waals surface area (Å²) >= 11 is 0. The Balaban J connectivity index is 0.000000196. The van der Waals surface area contributed by atoms with E-state index in [0.29, 0.717) is 12.8 Å². The van der Waals surface area contributed by atoms with E-state index in [0.717, 1.165) is 34.8 Å². The zero-order chi connectivity index (χ0) is 24.1. The number of nitrogens with zero attached hydrogens (tertiary/aromatic N) is 1. The molecule has 0 fully saturated rings. The van der Waals surface area contributed by atoms with Gasteiger partial charge in [0.15, 0.2) is 0 Å². The van der Waals surface area contributed by atoms with E-state index < -0.39 is 5.41 Å². The summed E-state index contributed by atoms with van der Waals surface area (Å²) in [5.74, 6) is -0.146. The van der Waals surface area contributed by atoms with Gasteiger partial charge in [-0.1, -0.05) is 121 Å². The van der Waals surface area contributed by atoms with Gasteiger partial charge in [-0.05, 0) is 28.7 Å². The summed E-state index contributed by atoms with van der Waals surface area (Å²) in [6.45, 7) is 0. The van der Waals surface area contributed by atoms with Gasteiger partial charge in [0.1, 0.15) is 12.6 Å². The number of benzene rings is 4. The molecule has 0 spiro atoms. The molecular formula is C31H27NO2. The van der Waals surface area contributed by atoms with E-state index in [1.807, 2.05) is 121 Å². The van der Waals surface area contributed by atoms with Crippen LogP contribution < -0.4 is 0 Å². The minimum absolute atomic E-state index is 0.146. The Labute approximate surface area is 201 Å². The number of hydrogen-bond acceptors (Lipinski definition) is 3. The molecule has 4 aromatic rings. The molecule has 0 radical (unpaired) electrons. The molecule has 0 saturated heterocycles. The topological polar surface area (TPSA) is 57.9 Å². The number of carbonyl (C=O) groups excluding carboxylic acids is 2. The summed E-state index contributed by atoms with van der Waals surface area (Å²) in [4.78, 5) is 22.9. The molecule has 3 nitrogen and oxygen atoms in total. The molecule has 0 saturated carbocycles. The van der Waals surface area contributed by atoms with E-state index in [1.54, 1.807) is 0 Å². The molecule has 34 heavy (non-hydrogen) atoms. The molecule has 0 N–H and O–H groups in total. The van der Waals surface area contributed by atoms with E-state index in [2.05, 4.69) is 6.07 Å². The zero-order valence-electron chi connectivity index (χ0n) is 19.0. The molecule has 4 rings (SSSR count). The monoisotopic (exact) mass is 445 g/mol. The number of aldehydes is 2. The Morgan fingerprint density at radius 3 is 1.35 bits per heavy atom. The maximum atomic E-state index is 11.8. The first-order valence-electron chi connectivity index (χ1n) is 11.2. The summed E-state index contributed by atoms with van der Waals surface area (Å²) in [5, 5.41) is 8.85. The van der Waals surface area contributed by atoms with E-state index >= 15 is 0 Å². The highest BCUT2D eigenvalue weighted by Crippen LogP contribution is 2.34. The van der Waals surface area contributed by atoms with Crippen LogP contribution in [0.25, 0.3) is 0 Å². The Hall–Kier alpha value is -4.29. The van der Waals surface area contributed by atoms with Crippen molar-refractivity contribution in [2.24, 2.45) is 0 Å². The minimum Gasteiger partial charge on any atom is -0.302 e. The molecule has 0 aromatic heterocycles. The van der Waals surface area contributed by atoms with Crippen LogP contribution in [-0.4, -0.2) is 12.6 Å². The molecule has 0 aliphatic rings. The molecule has 3 heteroatoms. The summed E-state index contributed by atoms with van der Waals surface area (Å²) in [5.41, 5.74) is 3.23. The number of hydrogen-bond donors (Lipinski definition) is 0. The summed E-state index contributed by atoms with van der Waals surface area (Å²) < 4.78 is 0. The van der Waals surface area contributed by atoms with Crippen LogP contribution in [0.15, 0.2) is 121 Å². The molecule has 0 amide bonds. The second-order valence-corrected chi connectivity index (χ2v) is 7.91. The van der Waals surface area contributed by atoms with Crippen molar-refractivity contribution in [2.75, 3.05) is 0 Å². The molecule has 0 aliphatic heterocycles. The van der Waals surface area contributed by atoms with Crippen LogP contribution in [0.4, 0.5) is 0 Å². The normalized spacial score (nSPS) is 10.5. The second kappa shape index (κ2) is 12.7. The molecule has 0 unspecified atom stereocenters. The summed E-state index contributed by atoms with van der Waals surface area (Å²) in [6, 6.07) is 41.1. The lowest BCUT2D eigenvalue weighted by Crippen LogP contribution is -2.29. The first-order chi connectivity index (χ1) is 16.7. The van der Waals surface area contributed by atoms with E-state index in [1.165, 1.54) is 0 Å². The number of carbonyl (C=O) groups is 2. The third-order valence-corrected chi connectivity index (χ3v) is 5.86. The molecule has 0 aliphatic carbocycles. The predicted octanol–water partition coefficient (Wildman–Crippen LogP) is 6.49. The van der Waals surface area contributed by atoms with Gasteiger partial charge in [-0.3, -0.25) is 0 Å². The molecule has 0 bridgehead atoms. The van der Waals surface area contributed by atoms with Crippen molar-refractivity contribution < 1.29 is 9.59 Å². The van der Waals surface area contributed by atoms with Crippen LogP contribution in [0.1, 0.15) is 41.0 Å². The lowest BCUT2D eigenvalue weighted by atomic mass is 9.72. The number of nitriles is 1. The average molecular weight is 446 g/mol. The predicted molar refractivity (Wildman–Crippen MR) is 135 cm³/mol. The zero-order valence-corrected chi connectivity index (χ0v) is 19.0. The van der Waals surface area contributed by atoms with E-state index in [9.17, 15) is 9.59 Å². The highest BCUT2D eigenvalue weighted by molar-refractivity contribution is 5.75. The van der Waals surface area contributed by atoms with Gasteiger partial charge in [-0.15, -0.1) is 0 Å². The molecule has 0 atom stereocenters. The lowest BCUT2D eigenvalue weighted by Gasteiger charge is -2.28. The smallest absolute Gasteiger partial charge is 0.134 e. The Bertz CT molecular complexity index is 1100. The van der Waals surface area contributed by atoms with Gasteiger partial charge in [-0.2, -0.15) is 5.26 Å². The number of rotatable bonds is 8. The van der Waals surface area contributed by atoms with Crippen molar-refractivity contribution >= 4 is 12.6 Å². The van der Waals surface area contributed by atoms with E-state index in [-0.39, 0.29) is 5.92 Å². The van der Waals surface area contributed by atoms with Gasteiger partial charge >= 0.3 is 0 Å². The second-order valence-electron chi connectivity index (χ2n) is 7.91. The molecule has 4 aromatic carbocycles. The largest absolute Gasteiger partial charge is 0.302 e. The average Bonchev–Trinajstić information content (AvgIpc) is 2.93. The maximum Gasteiger partial charge on any atom is 0.134 e. The highest BCUT2D eigenvalue weighted by Gasteiger charge is 2.33. The van der Waals surface area contributed by atoms with Crippen molar-refractivity contribution in [1.82, 2.24) is 0 Å². The third kappa shape index (κ3) is 5.94. The van der Waals surface area contributed by atoms with Gasteiger partial charge < -0.3 is 9.59 Å². The fourth-order valence-electron chi connectivity index (χ4n) is 4.04. The van der Waals surface area contributed by atoms with Crippen LogP contribution >= 0.6 is 0 Å². The van der Waals surface area contributed by atoms with Crippen LogP contribution in [0.5, 0.6) is 0 Å². The van der Waals surface area contributed by atoms with Crippen LogP contribution in [0, 0.1) is 11.3 Å². The molecule has 0 heterocycles. The first-order valence-corrected chi connectivity index (χ1v) is 11.2.